The molecule has 1 heteroatoms. The van der Waals surface area contributed by atoms with E-state index in [4.69, 9.17) is 4.74 Å². The van der Waals surface area contributed by atoms with Crippen LogP contribution in [0.2, 0.25) is 0 Å². The summed E-state index contributed by atoms with van der Waals surface area (Å²) < 4.78 is 5.46. The standard InChI is InChI=1S/C12H16O/c1-3-5-10-13-12-8-6-11(4-2)7-9-12/h3,5-9H,4,10H2,1-2H3/b5-3+. The monoisotopic (exact) mass is 176 g/mol. The highest BCUT2D eigenvalue weighted by Gasteiger charge is 1.91. The summed E-state index contributed by atoms with van der Waals surface area (Å²) in [6.45, 7) is 4.79. The molecule has 0 heterocycles. The van der Waals surface area contributed by atoms with Crippen molar-refractivity contribution in [1.29, 1.82) is 0 Å². The van der Waals surface area contributed by atoms with Crippen LogP contribution in [0.1, 0.15) is 19.4 Å². The van der Waals surface area contributed by atoms with Gasteiger partial charge in [0, 0.05) is 0 Å². The van der Waals surface area contributed by atoms with E-state index in [0.29, 0.717) is 6.61 Å². The van der Waals surface area contributed by atoms with Crippen LogP contribution >= 0.6 is 0 Å². The number of benzene rings is 1. The average Bonchev–Trinajstić information content (AvgIpc) is 2.19. The minimum atomic E-state index is 0.655. The Hall–Kier alpha value is -1.24. The van der Waals surface area contributed by atoms with Gasteiger partial charge in [0.05, 0.1) is 0 Å². The first-order valence-electron chi connectivity index (χ1n) is 4.69. The van der Waals surface area contributed by atoms with Gasteiger partial charge < -0.3 is 4.74 Å². The summed E-state index contributed by atoms with van der Waals surface area (Å²) in [5, 5.41) is 0. The topological polar surface area (TPSA) is 9.23 Å². The second-order valence-corrected chi connectivity index (χ2v) is 2.88. The minimum Gasteiger partial charge on any atom is -0.490 e. The van der Waals surface area contributed by atoms with Gasteiger partial charge in [-0.05, 0) is 31.0 Å². The van der Waals surface area contributed by atoms with Crippen molar-refractivity contribution in [2.45, 2.75) is 20.3 Å². The molecular weight excluding hydrogens is 160 g/mol. The van der Waals surface area contributed by atoms with Crippen molar-refractivity contribution in [3.8, 4) is 5.75 Å². The number of hydrogen-bond acceptors (Lipinski definition) is 1. The summed E-state index contributed by atoms with van der Waals surface area (Å²) in [6, 6.07) is 8.24. The maximum absolute atomic E-state index is 5.46. The fourth-order valence-electron chi connectivity index (χ4n) is 1.06. The number of rotatable bonds is 4. The molecule has 13 heavy (non-hydrogen) atoms. The lowest BCUT2D eigenvalue weighted by Crippen LogP contribution is -1.92. The van der Waals surface area contributed by atoms with Crippen molar-refractivity contribution in [2.75, 3.05) is 6.61 Å². The maximum atomic E-state index is 5.46. The molecule has 0 N–H and O–H groups in total. The predicted octanol–water partition coefficient (Wildman–Crippen LogP) is 3.20. The van der Waals surface area contributed by atoms with Gasteiger partial charge in [0.1, 0.15) is 12.4 Å². The highest BCUT2D eigenvalue weighted by molar-refractivity contribution is 5.27. The van der Waals surface area contributed by atoms with Crippen LogP contribution in [0, 0.1) is 0 Å². The summed E-state index contributed by atoms with van der Waals surface area (Å²) in [5.41, 5.74) is 1.35. The Morgan fingerprint density at radius 2 is 1.92 bits per heavy atom. The molecule has 0 saturated heterocycles. The van der Waals surface area contributed by atoms with E-state index in [1.54, 1.807) is 0 Å². The molecule has 70 valence electrons. The Labute approximate surface area is 80.0 Å². The molecule has 0 unspecified atom stereocenters. The third-order valence-corrected chi connectivity index (χ3v) is 1.91. The summed E-state index contributed by atoms with van der Waals surface area (Å²) >= 11 is 0. The van der Waals surface area contributed by atoms with Crippen molar-refractivity contribution in [2.24, 2.45) is 0 Å². The van der Waals surface area contributed by atoms with Crippen molar-refractivity contribution >= 4 is 0 Å². The second-order valence-electron chi connectivity index (χ2n) is 2.88. The fraction of sp³-hybridized carbons (Fsp3) is 0.333. The molecular formula is C12H16O. The van der Waals surface area contributed by atoms with Crippen LogP contribution in [0.5, 0.6) is 5.75 Å². The molecule has 1 aromatic carbocycles. The van der Waals surface area contributed by atoms with Crippen LogP contribution < -0.4 is 4.74 Å². The zero-order valence-electron chi connectivity index (χ0n) is 8.29. The highest BCUT2D eigenvalue weighted by atomic mass is 16.5. The Morgan fingerprint density at radius 3 is 2.46 bits per heavy atom. The largest absolute Gasteiger partial charge is 0.490 e. The molecule has 1 aromatic rings. The minimum absolute atomic E-state index is 0.655. The van der Waals surface area contributed by atoms with E-state index < -0.39 is 0 Å². The first-order chi connectivity index (χ1) is 6.36. The molecule has 0 atom stereocenters. The summed E-state index contributed by atoms with van der Waals surface area (Å²) in [5.74, 6) is 0.940. The average molecular weight is 176 g/mol. The number of allylic oxidation sites excluding steroid dienone is 1. The van der Waals surface area contributed by atoms with Gasteiger partial charge in [-0.2, -0.15) is 0 Å². The quantitative estimate of drug-likeness (QED) is 0.640. The lowest BCUT2D eigenvalue weighted by atomic mass is 10.2. The zero-order valence-corrected chi connectivity index (χ0v) is 8.29. The molecule has 0 fully saturated rings. The fourth-order valence-corrected chi connectivity index (χ4v) is 1.06. The molecule has 1 rings (SSSR count). The molecule has 1 nitrogen and oxygen atoms in total. The Balaban J connectivity index is 2.49. The molecule has 0 saturated carbocycles. The van der Waals surface area contributed by atoms with E-state index in [0.717, 1.165) is 12.2 Å². The predicted molar refractivity (Wildman–Crippen MR) is 56.1 cm³/mol. The van der Waals surface area contributed by atoms with E-state index >= 15 is 0 Å². The number of hydrogen-bond donors (Lipinski definition) is 0. The second kappa shape index (κ2) is 5.41. The van der Waals surface area contributed by atoms with Crippen LogP contribution in [0.4, 0.5) is 0 Å². The van der Waals surface area contributed by atoms with E-state index in [-0.39, 0.29) is 0 Å². The van der Waals surface area contributed by atoms with Gasteiger partial charge in [-0.25, -0.2) is 0 Å². The van der Waals surface area contributed by atoms with Gasteiger partial charge in [0.2, 0.25) is 0 Å². The third kappa shape index (κ3) is 3.32. The smallest absolute Gasteiger partial charge is 0.119 e. The van der Waals surface area contributed by atoms with Gasteiger partial charge in [0.25, 0.3) is 0 Å². The Morgan fingerprint density at radius 1 is 1.23 bits per heavy atom. The van der Waals surface area contributed by atoms with Crippen molar-refractivity contribution in [3.63, 3.8) is 0 Å². The van der Waals surface area contributed by atoms with Gasteiger partial charge in [-0.15, -0.1) is 0 Å². The maximum Gasteiger partial charge on any atom is 0.119 e. The number of aryl methyl sites for hydroxylation is 1. The third-order valence-electron chi connectivity index (χ3n) is 1.91. The Bertz CT molecular complexity index is 259. The van der Waals surface area contributed by atoms with Crippen LogP contribution in [0.25, 0.3) is 0 Å². The molecule has 0 radical (unpaired) electrons. The lowest BCUT2D eigenvalue weighted by molar-refractivity contribution is 0.362. The van der Waals surface area contributed by atoms with Crippen molar-refractivity contribution < 1.29 is 4.74 Å². The Kier molecular flexibility index (Phi) is 4.10. The van der Waals surface area contributed by atoms with Crippen LogP contribution in [0.3, 0.4) is 0 Å². The first-order valence-corrected chi connectivity index (χ1v) is 4.69. The van der Waals surface area contributed by atoms with E-state index in [1.165, 1.54) is 5.56 Å². The van der Waals surface area contributed by atoms with Gasteiger partial charge in [-0.1, -0.05) is 31.2 Å². The van der Waals surface area contributed by atoms with E-state index in [1.807, 2.05) is 31.2 Å². The van der Waals surface area contributed by atoms with Gasteiger partial charge >= 0.3 is 0 Å². The summed E-state index contributed by atoms with van der Waals surface area (Å²) in [4.78, 5) is 0. The molecule has 0 spiro atoms. The molecule has 0 amide bonds. The molecule has 0 aliphatic carbocycles. The first kappa shape index (κ1) is 9.85. The van der Waals surface area contributed by atoms with Gasteiger partial charge in [0.15, 0.2) is 0 Å². The molecule has 0 aromatic heterocycles. The van der Waals surface area contributed by atoms with Gasteiger partial charge in [-0.3, -0.25) is 0 Å². The van der Waals surface area contributed by atoms with E-state index in [9.17, 15) is 0 Å². The van der Waals surface area contributed by atoms with E-state index in [2.05, 4.69) is 19.1 Å². The molecule has 0 aliphatic heterocycles. The SMILES string of the molecule is C/C=C/COc1ccc(CC)cc1. The van der Waals surface area contributed by atoms with Crippen molar-refractivity contribution in [3.05, 3.63) is 42.0 Å². The lowest BCUT2D eigenvalue weighted by Gasteiger charge is -2.03. The van der Waals surface area contributed by atoms with Crippen LogP contribution in [-0.2, 0) is 6.42 Å². The molecule has 0 aliphatic rings. The number of ether oxygens (including phenoxy) is 1. The van der Waals surface area contributed by atoms with Crippen LogP contribution in [0.15, 0.2) is 36.4 Å². The van der Waals surface area contributed by atoms with Crippen molar-refractivity contribution in [1.82, 2.24) is 0 Å². The normalized spacial score (nSPS) is 10.6. The highest BCUT2D eigenvalue weighted by Crippen LogP contribution is 2.12. The summed E-state index contributed by atoms with van der Waals surface area (Å²) in [7, 11) is 0. The molecule has 0 bridgehead atoms. The summed E-state index contributed by atoms with van der Waals surface area (Å²) in [6.07, 6.45) is 5.06. The van der Waals surface area contributed by atoms with Crippen LogP contribution in [-0.4, -0.2) is 6.61 Å². The zero-order chi connectivity index (χ0) is 9.52.